The Morgan fingerprint density at radius 2 is 1.88 bits per heavy atom. The Morgan fingerprint density at radius 1 is 1.08 bits per heavy atom. The monoisotopic (exact) mass is 345 g/mol. The quantitative estimate of drug-likeness (QED) is 0.592. The van der Waals surface area contributed by atoms with Gasteiger partial charge in [0.25, 0.3) is 11.5 Å². The number of amides is 1. The summed E-state index contributed by atoms with van der Waals surface area (Å²) in [5.41, 5.74) is 2.74. The molecule has 0 saturated carbocycles. The van der Waals surface area contributed by atoms with Crippen LogP contribution in [0.1, 0.15) is 16.1 Å². The molecule has 0 atom stereocenters. The Kier molecular flexibility index (Phi) is 3.85. The minimum Gasteiger partial charge on any atom is -0.355 e. The standard InChI is InChI=1S/C20H15N3O3/c1-12-9-14-7-8-15(10-16(14)22-19(12)24)21-20(25)17-11-18(26-23-17)13-5-3-2-4-6-13/h2-11H,1H3,(H,21,25)(H,22,24). The van der Waals surface area contributed by atoms with Crippen molar-refractivity contribution in [3.63, 3.8) is 0 Å². The van der Waals surface area contributed by atoms with Crippen LogP contribution in [0.3, 0.4) is 0 Å². The summed E-state index contributed by atoms with van der Waals surface area (Å²) < 4.78 is 5.25. The molecule has 6 nitrogen and oxygen atoms in total. The molecule has 2 heterocycles. The number of pyridine rings is 1. The molecule has 4 rings (SSSR count). The van der Waals surface area contributed by atoms with Gasteiger partial charge in [0, 0.05) is 22.9 Å². The molecule has 1 amide bonds. The fraction of sp³-hybridized carbons (Fsp3) is 0.0500. The van der Waals surface area contributed by atoms with Crippen molar-refractivity contribution in [2.75, 3.05) is 5.32 Å². The highest BCUT2D eigenvalue weighted by Crippen LogP contribution is 2.21. The zero-order valence-corrected chi connectivity index (χ0v) is 13.9. The van der Waals surface area contributed by atoms with Gasteiger partial charge in [0.15, 0.2) is 11.5 Å². The maximum atomic E-state index is 12.4. The first-order valence-electron chi connectivity index (χ1n) is 8.07. The zero-order valence-electron chi connectivity index (χ0n) is 13.9. The highest BCUT2D eigenvalue weighted by Gasteiger charge is 2.14. The molecule has 2 aromatic heterocycles. The summed E-state index contributed by atoms with van der Waals surface area (Å²) in [5.74, 6) is 0.138. The topological polar surface area (TPSA) is 88.0 Å². The molecule has 2 N–H and O–H groups in total. The maximum Gasteiger partial charge on any atom is 0.277 e. The van der Waals surface area contributed by atoms with Gasteiger partial charge in [-0.2, -0.15) is 0 Å². The van der Waals surface area contributed by atoms with E-state index in [9.17, 15) is 9.59 Å². The van der Waals surface area contributed by atoms with Crippen LogP contribution in [0.5, 0.6) is 0 Å². The number of aryl methyl sites for hydroxylation is 1. The third-order valence-corrected chi connectivity index (χ3v) is 4.09. The highest BCUT2D eigenvalue weighted by atomic mass is 16.5. The summed E-state index contributed by atoms with van der Waals surface area (Å²) in [6, 6.07) is 18.2. The molecule has 2 aromatic carbocycles. The molecular weight excluding hydrogens is 330 g/mol. The molecule has 0 aliphatic heterocycles. The fourth-order valence-corrected chi connectivity index (χ4v) is 2.70. The van der Waals surface area contributed by atoms with Crippen LogP contribution in [0, 0.1) is 6.92 Å². The van der Waals surface area contributed by atoms with Crippen LogP contribution in [0.15, 0.2) is 70.0 Å². The molecule has 0 aliphatic carbocycles. The van der Waals surface area contributed by atoms with E-state index in [1.165, 1.54) is 0 Å². The van der Waals surface area contributed by atoms with E-state index >= 15 is 0 Å². The van der Waals surface area contributed by atoms with E-state index < -0.39 is 0 Å². The van der Waals surface area contributed by atoms with Crippen molar-refractivity contribution in [2.24, 2.45) is 0 Å². The minimum atomic E-state index is -0.385. The summed E-state index contributed by atoms with van der Waals surface area (Å²) in [5, 5.41) is 7.49. The number of H-pyrrole nitrogens is 1. The van der Waals surface area contributed by atoms with Crippen LogP contribution in [0.4, 0.5) is 5.69 Å². The number of nitrogens with zero attached hydrogens (tertiary/aromatic N) is 1. The molecule has 0 fully saturated rings. The average Bonchev–Trinajstić information content (AvgIpc) is 3.14. The number of anilines is 1. The van der Waals surface area contributed by atoms with E-state index in [0.29, 0.717) is 22.5 Å². The number of carbonyl (C=O) groups excluding carboxylic acids is 1. The van der Waals surface area contributed by atoms with Gasteiger partial charge in [-0.05, 0) is 30.5 Å². The first-order valence-corrected chi connectivity index (χ1v) is 8.07. The summed E-state index contributed by atoms with van der Waals surface area (Å²) in [4.78, 5) is 27.0. The molecule has 0 spiro atoms. The molecule has 0 unspecified atom stereocenters. The van der Waals surface area contributed by atoms with E-state index in [1.54, 1.807) is 25.1 Å². The number of aromatic amines is 1. The lowest BCUT2D eigenvalue weighted by molar-refractivity contribution is 0.101. The van der Waals surface area contributed by atoms with Crippen molar-refractivity contribution >= 4 is 22.5 Å². The number of hydrogen-bond acceptors (Lipinski definition) is 4. The summed E-state index contributed by atoms with van der Waals surface area (Å²) in [7, 11) is 0. The van der Waals surface area contributed by atoms with Gasteiger partial charge >= 0.3 is 0 Å². The molecule has 6 heteroatoms. The second-order valence-electron chi connectivity index (χ2n) is 5.98. The van der Waals surface area contributed by atoms with Crippen LogP contribution < -0.4 is 10.9 Å². The van der Waals surface area contributed by atoms with Gasteiger partial charge in [-0.1, -0.05) is 41.6 Å². The summed E-state index contributed by atoms with van der Waals surface area (Å²) in [6.45, 7) is 1.75. The summed E-state index contributed by atoms with van der Waals surface area (Å²) >= 11 is 0. The highest BCUT2D eigenvalue weighted by molar-refractivity contribution is 6.04. The lowest BCUT2D eigenvalue weighted by atomic mass is 10.1. The van der Waals surface area contributed by atoms with Gasteiger partial charge in [0.2, 0.25) is 0 Å². The number of aromatic nitrogens is 2. The SMILES string of the molecule is Cc1cc2ccc(NC(=O)c3cc(-c4ccccc4)on3)cc2[nH]c1=O. The maximum absolute atomic E-state index is 12.4. The molecule has 4 aromatic rings. The Bertz CT molecular complexity index is 1160. The molecule has 0 bridgehead atoms. The van der Waals surface area contributed by atoms with Gasteiger partial charge in [-0.25, -0.2) is 0 Å². The normalized spacial score (nSPS) is 10.8. The second kappa shape index (κ2) is 6.33. The van der Waals surface area contributed by atoms with Crippen LogP contribution in [0.2, 0.25) is 0 Å². The second-order valence-corrected chi connectivity index (χ2v) is 5.98. The molecule has 26 heavy (non-hydrogen) atoms. The molecule has 0 radical (unpaired) electrons. The van der Waals surface area contributed by atoms with Crippen LogP contribution in [-0.4, -0.2) is 16.0 Å². The number of rotatable bonds is 3. The van der Waals surface area contributed by atoms with Gasteiger partial charge in [-0.15, -0.1) is 0 Å². The lowest BCUT2D eigenvalue weighted by Crippen LogP contribution is -2.13. The number of nitrogens with one attached hydrogen (secondary N) is 2. The van der Waals surface area contributed by atoms with Gasteiger partial charge < -0.3 is 14.8 Å². The Labute approximate surface area is 148 Å². The smallest absolute Gasteiger partial charge is 0.277 e. The van der Waals surface area contributed by atoms with Crippen molar-refractivity contribution in [1.82, 2.24) is 10.1 Å². The molecule has 0 saturated heterocycles. The number of hydrogen-bond donors (Lipinski definition) is 2. The van der Waals surface area contributed by atoms with Gasteiger partial charge in [-0.3, -0.25) is 9.59 Å². The first kappa shape index (κ1) is 15.8. The fourth-order valence-electron chi connectivity index (χ4n) is 2.70. The van der Waals surface area contributed by atoms with Gasteiger partial charge in [0.05, 0.1) is 5.52 Å². The number of fused-ring (bicyclic) bond motifs is 1. The lowest BCUT2D eigenvalue weighted by Gasteiger charge is -2.05. The van der Waals surface area contributed by atoms with Crippen molar-refractivity contribution in [3.8, 4) is 11.3 Å². The largest absolute Gasteiger partial charge is 0.355 e. The molecular formula is C20H15N3O3. The van der Waals surface area contributed by atoms with Crippen molar-refractivity contribution < 1.29 is 9.32 Å². The van der Waals surface area contributed by atoms with E-state index in [2.05, 4.69) is 15.5 Å². The Balaban J connectivity index is 1.58. The predicted octanol–water partition coefficient (Wildman–Crippen LogP) is 3.74. The molecule has 0 aliphatic rings. The van der Waals surface area contributed by atoms with Crippen LogP contribution in [0.25, 0.3) is 22.2 Å². The zero-order chi connectivity index (χ0) is 18.1. The molecule has 128 valence electrons. The summed E-state index contributed by atoms with van der Waals surface area (Å²) in [6.07, 6.45) is 0. The van der Waals surface area contributed by atoms with E-state index in [4.69, 9.17) is 4.52 Å². The third kappa shape index (κ3) is 3.00. The van der Waals surface area contributed by atoms with E-state index in [1.807, 2.05) is 42.5 Å². The average molecular weight is 345 g/mol. The first-order chi connectivity index (χ1) is 12.6. The number of benzene rings is 2. The van der Waals surface area contributed by atoms with Crippen molar-refractivity contribution in [2.45, 2.75) is 6.92 Å². The van der Waals surface area contributed by atoms with Gasteiger partial charge in [0.1, 0.15) is 0 Å². The van der Waals surface area contributed by atoms with E-state index in [0.717, 1.165) is 10.9 Å². The van der Waals surface area contributed by atoms with Crippen molar-refractivity contribution in [1.29, 1.82) is 0 Å². The van der Waals surface area contributed by atoms with Crippen LogP contribution in [-0.2, 0) is 0 Å². The third-order valence-electron chi connectivity index (χ3n) is 4.09. The predicted molar refractivity (Wildman–Crippen MR) is 99.2 cm³/mol. The van der Waals surface area contributed by atoms with Crippen molar-refractivity contribution in [3.05, 3.63) is 82.3 Å². The Morgan fingerprint density at radius 3 is 2.69 bits per heavy atom. The Hall–Kier alpha value is -3.67. The number of carbonyl (C=O) groups is 1. The van der Waals surface area contributed by atoms with Crippen LogP contribution >= 0.6 is 0 Å². The van der Waals surface area contributed by atoms with E-state index in [-0.39, 0.29) is 17.2 Å². The minimum absolute atomic E-state index is 0.148.